The van der Waals surface area contributed by atoms with Gasteiger partial charge in [-0.2, -0.15) is 0 Å². The van der Waals surface area contributed by atoms with E-state index in [0.29, 0.717) is 5.89 Å². The van der Waals surface area contributed by atoms with Crippen LogP contribution in [0.3, 0.4) is 0 Å². The predicted octanol–water partition coefficient (Wildman–Crippen LogP) is 9.39. The summed E-state index contributed by atoms with van der Waals surface area (Å²) in [5.41, 5.74) is 7.74. The van der Waals surface area contributed by atoms with Gasteiger partial charge in [0.25, 0.3) is 0 Å². The Morgan fingerprint density at radius 1 is 0.553 bits per heavy atom. The first-order chi connectivity index (χ1) is 18.8. The van der Waals surface area contributed by atoms with E-state index in [1.54, 1.807) is 0 Å². The second kappa shape index (κ2) is 7.21. The third-order valence-corrected chi connectivity index (χ3v) is 7.95. The topological polar surface area (TPSA) is 31.0 Å². The fraction of sp³-hybridized carbons (Fsp3) is 0. The molecule has 8 aromatic rings. The number of nitrogens with zero attached hydrogens (tertiary/aromatic N) is 2. The third-order valence-electron chi connectivity index (χ3n) is 7.95. The van der Waals surface area contributed by atoms with Gasteiger partial charge in [0, 0.05) is 38.2 Å². The molecule has 0 amide bonds. The van der Waals surface area contributed by atoms with Crippen LogP contribution in [-0.2, 0) is 0 Å². The Labute approximate surface area is 218 Å². The predicted molar refractivity (Wildman–Crippen MR) is 156 cm³/mol. The molecule has 6 aromatic carbocycles. The summed E-state index contributed by atoms with van der Waals surface area (Å²) in [6.07, 6.45) is 0. The van der Waals surface area contributed by atoms with Crippen molar-refractivity contribution in [1.82, 2.24) is 9.55 Å². The lowest BCUT2D eigenvalue weighted by Gasteiger charge is -2.13. The van der Waals surface area contributed by atoms with Crippen LogP contribution in [0.2, 0.25) is 0 Å². The molecule has 2 heterocycles. The molecule has 9 rings (SSSR count). The van der Waals surface area contributed by atoms with Crippen LogP contribution in [-0.4, -0.2) is 9.55 Å². The lowest BCUT2D eigenvalue weighted by molar-refractivity contribution is 0.590. The molecule has 176 valence electrons. The van der Waals surface area contributed by atoms with Crippen LogP contribution in [0.4, 0.5) is 0 Å². The number of fused-ring (bicyclic) bond motifs is 7. The van der Waals surface area contributed by atoms with Crippen molar-refractivity contribution in [3.8, 4) is 39.7 Å². The minimum Gasteiger partial charge on any atom is -0.435 e. The van der Waals surface area contributed by atoms with Crippen LogP contribution in [0.15, 0.2) is 126 Å². The fourth-order valence-corrected chi connectivity index (χ4v) is 6.28. The zero-order chi connectivity index (χ0) is 24.8. The number of hydrogen-bond acceptors (Lipinski definition) is 2. The highest BCUT2D eigenvalue weighted by Gasteiger charge is 2.29. The Hall–Kier alpha value is -5.15. The zero-order valence-corrected chi connectivity index (χ0v) is 20.3. The van der Waals surface area contributed by atoms with E-state index in [1.807, 2.05) is 30.3 Å². The van der Waals surface area contributed by atoms with Crippen molar-refractivity contribution in [1.29, 1.82) is 0 Å². The van der Waals surface area contributed by atoms with Gasteiger partial charge in [-0.1, -0.05) is 78.9 Å². The van der Waals surface area contributed by atoms with Crippen LogP contribution in [0.5, 0.6) is 0 Å². The van der Waals surface area contributed by atoms with Gasteiger partial charge in [-0.25, -0.2) is 4.98 Å². The van der Waals surface area contributed by atoms with Gasteiger partial charge in [-0.3, -0.25) is 0 Å². The quantitative estimate of drug-likeness (QED) is 0.245. The van der Waals surface area contributed by atoms with Crippen molar-refractivity contribution in [2.75, 3.05) is 0 Å². The Morgan fingerprint density at radius 2 is 1.32 bits per heavy atom. The number of para-hydroxylation sites is 1. The molecule has 38 heavy (non-hydrogen) atoms. The van der Waals surface area contributed by atoms with Crippen LogP contribution >= 0.6 is 0 Å². The number of oxazole rings is 1. The minimum atomic E-state index is 0.664. The SMILES string of the molecule is c1ccc(-c2nc3c(o2)-c2ccc(-n4c5ccccc5c5cc6ccccc6cc54)c4cccc-3c24)cc1. The minimum absolute atomic E-state index is 0.664. The van der Waals surface area contributed by atoms with Gasteiger partial charge in [-0.05, 0) is 53.2 Å². The van der Waals surface area contributed by atoms with Crippen molar-refractivity contribution in [3.05, 3.63) is 121 Å². The summed E-state index contributed by atoms with van der Waals surface area (Å²) in [5.74, 6) is 1.52. The molecule has 0 N–H and O–H groups in total. The lowest BCUT2D eigenvalue weighted by atomic mass is 10.0. The Bertz CT molecular complexity index is 2210. The van der Waals surface area contributed by atoms with Crippen molar-refractivity contribution in [3.63, 3.8) is 0 Å². The van der Waals surface area contributed by atoms with E-state index in [9.17, 15) is 0 Å². The van der Waals surface area contributed by atoms with Gasteiger partial charge in [0.2, 0.25) is 5.89 Å². The molecule has 0 spiro atoms. The molecule has 0 saturated carbocycles. The van der Waals surface area contributed by atoms with E-state index in [-0.39, 0.29) is 0 Å². The summed E-state index contributed by atoms with van der Waals surface area (Å²) in [6, 6.07) is 43.0. The van der Waals surface area contributed by atoms with Gasteiger partial charge in [0.1, 0.15) is 5.69 Å². The van der Waals surface area contributed by atoms with Crippen LogP contribution in [0, 0.1) is 0 Å². The Balaban J connectivity index is 1.34. The van der Waals surface area contributed by atoms with Crippen LogP contribution in [0.1, 0.15) is 0 Å². The molecular weight excluding hydrogens is 464 g/mol. The summed E-state index contributed by atoms with van der Waals surface area (Å²) in [7, 11) is 0. The van der Waals surface area contributed by atoms with Crippen molar-refractivity contribution >= 4 is 43.4 Å². The smallest absolute Gasteiger partial charge is 0.227 e. The second-order valence-electron chi connectivity index (χ2n) is 9.99. The lowest BCUT2D eigenvalue weighted by Crippen LogP contribution is -1.96. The maximum Gasteiger partial charge on any atom is 0.227 e. The van der Waals surface area contributed by atoms with Crippen molar-refractivity contribution in [2.24, 2.45) is 0 Å². The molecule has 1 aliphatic rings. The molecule has 3 heteroatoms. The van der Waals surface area contributed by atoms with Gasteiger partial charge < -0.3 is 8.98 Å². The van der Waals surface area contributed by atoms with Crippen LogP contribution in [0.25, 0.3) is 83.1 Å². The van der Waals surface area contributed by atoms with Crippen LogP contribution < -0.4 is 0 Å². The molecule has 0 fully saturated rings. The van der Waals surface area contributed by atoms with E-state index in [2.05, 4.69) is 95.6 Å². The molecule has 0 atom stereocenters. The van der Waals surface area contributed by atoms with E-state index >= 15 is 0 Å². The third kappa shape index (κ3) is 2.55. The van der Waals surface area contributed by atoms with Gasteiger partial charge in [0.05, 0.1) is 16.7 Å². The highest BCUT2D eigenvalue weighted by Crippen LogP contribution is 2.50. The first-order valence-corrected chi connectivity index (χ1v) is 12.9. The van der Waals surface area contributed by atoms with E-state index in [0.717, 1.165) is 28.1 Å². The van der Waals surface area contributed by atoms with Crippen molar-refractivity contribution < 1.29 is 4.42 Å². The largest absolute Gasteiger partial charge is 0.435 e. The molecule has 3 nitrogen and oxygen atoms in total. The first kappa shape index (κ1) is 20.0. The Kier molecular flexibility index (Phi) is 3.79. The van der Waals surface area contributed by atoms with Gasteiger partial charge in [0.15, 0.2) is 5.76 Å². The molecule has 0 saturated heterocycles. The summed E-state index contributed by atoms with van der Waals surface area (Å²) < 4.78 is 8.81. The fourth-order valence-electron chi connectivity index (χ4n) is 6.28. The monoisotopic (exact) mass is 484 g/mol. The van der Waals surface area contributed by atoms with E-state index < -0.39 is 0 Å². The first-order valence-electron chi connectivity index (χ1n) is 12.9. The Morgan fingerprint density at radius 3 is 2.21 bits per heavy atom. The standard InChI is InChI=1S/C35H20N2O/c1-2-9-21(10-3-1)35-36-33-26-15-8-14-25-30(18-17-27(32(25)26)34(33)38-35)37-29-16-7-6-13-24(29)28-19-22-11-4-5-12-23(22)20-31(28)37/h1-20H. The normalized spacial score (nSPS) is 12.2. The molecule has 2 aromatic heterocycles. The summed E-state index contributed by atoms with van der Waals surface area (Å²) in [4.78, 5) is 4.95. The summed E-state index contributed by atoms with van der Waals surface area (Å²) in [6.45, 7) is 0. The summed E-state index contributed by atoms with van der Waals surface area (Å²) >= 11 is 0. The number of aromatic nitrogens is 2. The highest BCUT2D eigenvalue weighted by molar-refractivity contribution is 6.18. The molecule has 0 bridgehead atoms. The van der Waals surface area contributed by atoms with Crippen molar-refractivity contribution in [2.45, 2.75) is 0 Å². The van der Waals surface area contributed by atoms with Gasteiger partial charge >= 0.3 is 0 Å². The van der Waals surface area contributed by atoms with E-state index in [1.165, 1.54) is 49.0 Å². The maximum atomic E-state index is 6.39. The number of hydrogen-bond donors (Lipinski definition) is 0. The highest BCUT2D eigenvalue weighted by atomic mass is 16.4. The molecule has 0 unspecified atom stereocenters. The molecule has 1 aliphatic carbocycles. The average molecular weight is 485 g/mol. The molecule has 0 radical (unpaired) electrons. The molecule has 0 aliphatic heterocycles. The van der Waals surface area contributed by atoms with Gasteiger partial charge in [-0.15, -0.1) is 0 Å². The maximum absolute atomic E-state index is 6.39. The number of benzene rings is 6. The molecular formula is C35H20N2O. The number of rotatable bonds is 2. The average Bonchev–Trinajstić information content (AvgIpc) is 3.64. The summed E-state index contributed by atoms with van der Waals surface area (Å²) in [5, 5.41) is 7.43. The second-order valence-corrected chi connectivity index (χ2v) is 9.99. The zero-order valence-electron chi connectivity index (χ0n) is 20.3. The van der Waals surface area contributed by atoms with E-state index in [4.69, 9.17) is 9.40 Å².